The molecule has 0 saturated heterocycles. The molecule has 0 heterocycles. The summed E-state index contributed by atoms with van der Waals surface area (Å²) >= 11 is 0. The summed E-state index contributed by atoms with van der Waals surface area (Å²) in [4.78, 5) is 24.3. The molecular weight excluding hydrogens is 322 g/mol. The Morgan fingerprint density at radius 3 is 1.84 bits per heavy atom. The smallest absolute Gasteiger partial charge is 0.326 e. The molecule has 1 aromatic rings. The summed E-state index contributed by atoms with van der Waals surface area (Å²) in [6, 6.07) is 3.22. The summed E-state index contributed by atoms with van der Waals surface area (Å²) in [6.45, 7) is 10.9. The third kappa shape index (κ3) is 3.35. The predicted octanol–water partition coefficient (Wildman–Crippen LogP) is 3.17. The van der Waals surface area contributed by atoms with Gasteiger partial charge in [-0.05, 0) is 22.0 Å². The highest BCUT2D eigenvalue weighted by atomic mass is 16.5. The van der Waals surface area contributed by atoms with Crippen molar-refractivity contribution in [3.8, 4) is 0 Å². The van der Waals surface area contributed by atoms with E-state index in [0.29, 0.717) is 12.2 Å². The van der Waals surface area contributed by atoms with Crippen LogP contribution < -0.4 is 5.73 Å². The van der Waals surface area contributed by atoms with Crippen LogP contribution in [-0.4, -0.2) is 29.3 Å². The lowest BCUT2D eigenvalue weighted by atomic mass is 9.61. The average molecular weight is 351 g/mol. The minimum Gasteiger partial charge on any atom is -0.480 e. The Morgan fingerprint density at radius 1 is 1.04 bits per heavy atom. The van der Waals surface area contributed by atoms with Gasteiger partial charge in [0.25, 0.3) is 0 Å². The molecule has 6 nitrogen and oxygen atoms in total. The van der Waals surface area contributed by atoms with Crippen molar-refractivity contribution in [1.29, 1.82) is 0 Å². The third-order valence-corrected chi connectivity index (χ3v) is 4.55. The Morgan fingerprint density at radius 2 is 1.52 bits per heavy atom. The van der Waals surface area contributed by atoms with Crippen LogP contribution in [0.15, 0.2) is 12.1 Å². The summed E-state index contributed by atoms with van der Waals surface area (Å²) in [5.41, 5.74) is 4.53. The number of ether oxygens (including phenoxy) is 1. The van der Waals surface area contributed by atoms with Crippen LogP contribution in [0.2, 0.25) is 0 Å². The third-order valence-electron chi connectivity index (χ3n) is 4.55. The van der Waals surface area contributed by atoms with Gasteiger partial charge in [-0.1, -0.05) is 53.7 Å². The van der Waals surface area contributed by atoms with Crippen LogP contribution in [-0.2, 0) is 31.8 Å². The number of carboxylic acids is 2. The molecule has 6 heteroatoms. The molecule has 0 spiro atoms. The average Bonchev–Trinajstić information content (AvgIpc) is 2.38. The summed E-state index contributed by atoms with van der Waals surface area (Å²) in [5, 5.41) is 19.8. The number of aliphatic carboxylic acids is 2. The first kappa shape index (κ1) is 21.0. The molecule has 0 aliphatic rings. The van der Waals surface area contributed by atoms with E-state index in [2.05, 4.69) is 0 Å². The molecule has 1 rings (SSSR count). The van der Waals surface area contributed by atoms with E-state index < -0.39 is 28.2 Å². The SMILES string of the molecule is COCc1ccc(C(C(=O)O)(C(=O)O)C(C)(C)C)c(N)c1C(C)(C)C. The van der Waals surface area contributed by atoms with Gasteiger partial charge in [-0.15, -0.1) is 0 Å². The number of anilines is 1. The zero-order valence-corrected chi connectivity index (χ0v) is 16.1. The van der Waals surface area contributed by atoms with Gasteiger partial charge in [0, 0.05) is 18.4 Å². The fraction of sp³-hybridized carbons (Fsp3) is 0.579. The van der Waals surface area contributed by atoms with Crippen LogP contribution in [0.25, 0.3) is 0 Å². The van der Waals surface area contributed by atoms with Gasteiger partial charge in [0.05, 0.1) is 6.61 Å². The molecule has 140 valence electrons. The van der Waals surface area contributed by atoms with Gasteiger partial charge in [-0.2, -0.15) is 0 Å². The summed E-state index contributed by atoms with van der Waals surface area (Å²) in [7, 11) is 1.56. The van der Waals surface area contributed by atoms with Crippen LogP contribution in [0.3, 0.4) is 0 Å². The van der Waals surface area contributed by atoms with Crippen molar-refractivity contribution < 1.29 is 24.5 Å². The van der Waals surface area contributed by atoms with E-state index in [0.717, 1.165) is 5.56 Å². The van der Waals surface area contributed by atoms with E-state index in [-0.39, 0.29) is 11.3 Å². The molecule has 0 radical (unpaired) electrons. The molecule has 0 unspecified atom stereocenters. The topological polar surface area (TPSA) is 110 Å². The Bertz CT molecular complexity index is 666. The van der Waals surface area contributed by atoms with E-state index in [9.17, 15) is 19.8 Å². The van der Waals surface area contributed by atoms with Crippen molar-refractivity contribution in [2.75, 3.05) is 12.8 Å². The van der Waals surface area contributed by atoms with Crippen molar-refractivity contribution in [2.24, 2.45) is 5.41 Å². The van der Waals surface area contributed by atoms with Crippen LogP contribution in [0.4, 0.5) is 5.69 Å². The molecule has 0 atom stereocenters. The number of nitrogen functional groups attached to an aromatic ring is 1. The second-order valence-corrected chi connectivity index (χ2v) is 8.35. The van der Waals surface area contributed by atoms with Gasteiger partial charge in [0.2, 0.25) is 0 Å². The molecule has 25 heavy (non-hydrogen) atoms. The largest absolute Gasteiger partial charge is 0.480 e. The summed E-state index contributed by atoms with van der Waals surface area (Å²) in [5.74, 6) is -2.86. The predicted molar refractivity (Wildman–Crippen MR) is 96.7 cm³/mol. The molecular formula is C19H29NO5. The van der Waals surface area contributed by atoms with Crippen molar-refractivity contribution in [1.82, 2.24) is 0 Å². The molecule has 4 N–H and O–H groups in total. The number of carboxylic acid groups (broad SMARTS) is 2. The van der Waals surface area contributed by atoms with E-state index >= 15 is 0 Å². The van der Waals surface area contributed by atoms with E-state index in [4.69, 9.17) is 10.5 Å². The van der Waals surface area contributed by atoms with Gasteiger partial charge in [0.1, 0.15) is 0 Å². The maximum absolute atomic E-state index is 12.2. The fourth-order valence-corrected chi connectivity index (χ4v) is 3.52. The Hall–Kier alpha value is -2.08. The lowest BCUT2D eigenvalue weighted by Gasteiger charge is -2.40. The first-order valence-electron chi connectivity index (χ1n) is 8.11. The number of carbonyl (C=O) groups is 2. The van der Waals surface area contributed by atoms with Gasteiger partial charge < -0.3 is 20.7 Å². The van der Waals surface area contributed by atoms with Crippen LogP contribution in [0.5, 0.6) is 0 Å². The van der Waals surface area contributed by atoms with Crippen LogP contribution in [0.1, 0.15) is 58.2 Å². The number of methoxy groups -OCH3 is 1. The van der Waals surface area contributed by atoms with Gasteiger partial charge in [-0.3, -0.25) is 9.59 Å². The number of rotatable bonds is 5. The fourth-order valence-electron chi connectivity index (χ4n) is 3.52. The minimum atomic E-state index is -2.16. The molecule has 0 aliphatic heterocycles. The second kappa shape index (κ2) is 6.67. The first-order valence-corrected chi connectivity index (χ1v) is 8.11. The molecule has 0 fully saturated rings. The summed E-state index contributed by atoms with van der Waals surface area (Å²) in [6.07, 6.45) is 0. The van der Waals surface area contributed by atoms with E-state index in [1.54, 1.807) is 33.9 Å². The number of hydrogen-bond acceptors (Lipinski definition) is 4. The molecule has 0 aliphatic carbocycles. The number of hydrogen-bond donors (Lipinski definition) is 3. The van der Waals surface area contributed by atoms with E-state index in [1.807, 2.05) is 20.8 Å². The quantitative estimate of drug-likeness (QED) is 0.555. The molecule has 0 saturated carbocycles. The standard InChI is InChI=1S/C19H29NO5/c1-17(2,3)13-11(10-25-7)8-9-12(14(13)20)19(15(21)22,16(23)24)18(4,5)6/h8-9H,10,20H2,1-7H3,(H,21,22)(H,23,24). The first-order chi connectivity index (χ1) is 11.2. The Kier molecular flexibility index (Phi) is 5.59. The normalized spacial score (nSPS) is 12.9. The highest BCUT2D eigenvalue weighted by molar-refractivity contribution is 6.07. The number of benzene rings is 1. The highest BCUT2D eigenvalue weighted by Crippen LogP contribution is 2.47. The minimum absolute atomic E-state index is 0.102. The molecule has 0 bridgehead atoms. The zero-order valence-electron chi connectivity index (χ0n) is 16.1. The van der Waals surface area contributed by atoms with E-state index in [1.165, 1.54) is 6.07 Å². The lowest BCUT2D eigenvalue weighted by molar-refractivity contribution is -0.164. The second-order valence-electron chi connectivity index (χ2n) is 8.35. The van der Waals surface area contributed by atoms with Gasteiger partial charge >= 0.3 is 11.9 Å². The molecule has 1 aromatic carbocycles. The van der Waals surface area contributed by atoms with Crippen LogP contribution >= 0.6 is 0 Å². The zero-order chi connectivity index (χ0) is 19.8. The van der Waals surface area contributed by atoms with Crippen molar-refractivity contribution in [3.05, 3.63) is 28.8 Å². The summed E-state index contributed by atoms with van der Waals surface area (Å²) < 4.78 is 5.22. The monoisotopic (exact) mass is 351 g/mol. The number of nitrogens with two attached hydrogens (primary N) is 1. The van der Waals surface area contributed by atoms with Gasteiger partial charge in [0.15, 0.2) is 5.41 Å². The Labute approximate surface area is 149 Å². The van der Waals surface area contributed by atoms with Crippen molar-refractivity contribution in [3.63, 3.8) is 0 Å². The van der Waals surface area contributed by atoms with Gasteiger partial charge in [-0.25, -0.2) is 0 Å². The molecule has 0 amide bonds. The van der Waals surface area contributed by atoms with Crippen molar-refractivity contribution in [2.45, 2.75) is 59.0 Å². The lowest BCUT2D eigenvalue weighted by Crippen LogP contribution is -2.54. The Balaban J connectivity index is 3.99. The highest BCUT2D eigenvalue weighted by Gasteiger charge is 2.58. The maximum Gasteiger partial charge on any atom is 0.326 e. The molecule has 0 aromatic heterocycles. The van der Waals surface area contributed by atoms with Crippen LogP contribution in [0, 0.1) is 5.41 Å². The van der Waals surface area contributed by atoms with Crippen molar-refractivity contribution >= 4 is 17.6 Å². The maximum atomic E-state index is 12.2.